The van der Waals surface area contributed by atoms with Crippen molar-refractivity contribution in [2.24, 2.45) is 11.8 Å². The van der Waals surface area contributed by atoms with Crippen molar-refractivity contribution >= 4 is 5.91 Å². The summed E-state index contributed by atoms with van der Waals surface area (Å²) in [7, 11) is 3.60. The van der Waals surface area contributed by atoms with E-state index in [0.29, 0.717) is 12.6 Å². The third kappa shape index (κ3) is 3.82. The van der Waals surface area contributed by atoms with Gasteiger partial charge in [0, 0.05) is 20.1 Å². The van der Waals surface area contributed by atoms with Crippen LogP contribution in [0.3, 0.4) is 0 Å². The molecule has 1 fully saturated rings. The molecule has 0 aromatic heterocycles. The van der Waals surface area contributed by atoms with Gasteiger partial charge in [-0.15, -0.1) is 0 Å². The van der Waals surface area contributed by atoms with Gasteiger partial charge in [-0.25, -0.2) is 0 Å². The summed E-state index contributed by atoms with van der Waals surface area (Å²) in [4.78, 5) is 13.0. The summed E-state index contributed by atoms with van der Waals surface area (Å²) in [5.41, 5.74) is 0. The Kier molecular flexibility index (Phi) is 4.58. The van der Waals surface area contributed by atoms with E-state index in [1.165, 1.54) is 19.3 Å². The summed E-state index contributed by atoms with van der Waals surface area (Å²) >= 11 is 0. The SMILES string of the molecule is CC1CCC(NCC(=O)N(C)C)CC1C. The fourth-order valence-corrected chi connectivity index (χ4v) is 2.12. The fraction of sp³-hybridized carbons (Fsp3) is 0.917. The van der Waals surface area contributed by atoms with Crippen molar-refractivity contribution in [2.45, 2.75) is 39.2 Å². The first-order valence-corrected chi connectivity index (χ1v) is 5.94. The second-order valence-electron chi connectivity index (χ2n) is 5.13. The van der Waals surface area contributed by atoms with Gasteiger partial charge < -0.3 is 10.2 Å². The Morgan fingerprint density at radius 1 is 1.27 bits per heavy atom. The predicted octanol–water partition coefficient (Wildman–Crippen LogP) is 1.49. The number of nitrogens with zero attached hydrogens (tertiary/aromatic N) is 1. The zero-order valence-corrected chi connectivity index (χ0v) is 10.4. The molecule has 3 nitrogen and oxygen atoms in total. The first kappa shape index (κ1) is 12.5. The Balaban J connectivity index is 2.25. The monoisotopic (exact) mass is 212 g/mol. The summed E-state index contributed by atoms with van der Waals surface area (Å²) in [6.07, 6.45) is 3.71. The van der Waals surface area contributed by atoms with Gasteiger partial charge in [0.1, 0.15) is 0 Å². The minimum Gasteiger partial charge on any atom is -0.348 e. The summed E-state index contributed by atoms with van der Waals surface area (Å²) < 4.78 is 0. The quantitative estimate of drug-likeness (QED) is 0.768. The molecule has 0 radical (unpaired) electrons. The van der Waals surface area contributed by atoms with Gasteiger partial charge in [0.25, 0.3) is 0 Å². The van der Waals surface area contributed by atoms with Gasteiger partial charge in [-0.3, -0.25) is 4.79 Å². The molecule has 1 N–H and O–H groups in total. The van der Waals surface area contributed by atoms with E-state index in [2.05, 4.69) is 19.2 Å². The standard InChI is InChI=1S/C12H24N2O/c1-9-5-6-11(7-10(9)2)13-8-12(15)14(3)4/h9-11,13H,5-8H2,1-4H3. The summed E-state index contributed by atoms with van der Waals surface area (Å²) in [6.45, 7) is 5.12. The largest absolute Gasteiger partial charge is 0.348 e. The lowest BCUT2D eigenvalue weighted by molar-refractivity contribution is -0.127. The van der Waals surface area contributed by atoms with Crippen LogP contribution < -0.4 is 5.32 Å². The zero-order chi connectivity index (χ0) is 11.4. The van der Waals surface area contributed by atoms with Gasteiger partial charge in [-0.05, 0) is 31.1 Å². The molecular weight excluding hydrogens is 188 g/mol. The van der Waals surface area contributed by atoms with E-state index < -0.39 is 0 Å². The van der Waals surface area contributed by atoms with Crippen molar-refractivity contribution in [1.29, 1.82) is 0 Å². The number of rotatable bonds is 3. The van der Waals surface area contributed by atoms with Crippen molar-refractivity contribution in [2.75, 3.05) is 20.6 Å². The van der Waals surface area contributed by atoms with E-state index in [1.807, 2.05) is 0 Å². The molecular formula is C12H24N2O. The lowest BCUT2D eigenvalue weighted by atomic mass is 9.79. The second kappa shape index (κ2) is 5.50. The van der Waals surface area contributed by atoms with E-state index in [9.17, 15) is 4.79 Å². The average Bonchev–Trinajstić information content (AvgIpc) is 2.19. The van der Waals surface area contributed by atoms with Gasteiger partial charge in [0.2, 0.25) is 5.91 Å². The van der Waals surface area contributed by atoms with Crippen LogP contribution in [0.1, 0.15) is 33.1 Å². The Morgan fingerprint density at radius 2 is 1.93 bits per heavy atom. The number of likely N-dealkylation sites (N-methyl/N-ethyl adjacent to an activating group) is 1. The Hall–Kier alpha value is -0.570. The highest BCUT2D eigenvalue weighted by atomic mass is 16.2. The summed E-state index contributed by atoms with van der Waals surface area (Å²) in [6, 6.07) is 0.542. The van der Waals surface area contributed by atoms with Gasteiger partial charge in [0.15, 0.2) is 0 Å². The van der Waals surface area contributed by atoms with E-state index >= 15 is 0 Å². The molecule has 0 spiro atoms. The highest BCUT2D eigenvalue weighted by molar-refractivity contribution is 5.77. The lowest BCUT2D eigenvalue weighted by Gasteiger charge is -2.32. The highest BCUT2D eigenvalue weighted by Gasteiger charge is 2.24. The molecule has 3 heteroatoms. The number of carbonyl (C=O) groups excluding carboxylic acids is 1. The third-order valence-electron chi connectivity index (χ3n) is 3.64. The Bertz CT molecular complexity index is 216. The van der Waals surface area contributed by atoms with Crippen LogP contribution in [0.4, 0.5) is 0 Å². The van der Waals surface area contributed by atoms with Gasteiger partial charge in [0.05, 0.1) is 6.54 Å². The van der Waals surface area contributed by atoms with Gasteiger partial charge >= 0.3 is 0 Å². The Morgan fingerprint density at radius 3 is 2.47 bits per heavy atom. The van der Waals surface area contributed by atoms with Crippen molar-refractivity contribution < 1.29 is 4.79 Å². The highest BCUT2D eigenvalue weighted by Crippen LogP contribution is 2.29. The molecule has 88 valence electrons. The summed E-state index contributed by atoms with van der Waals surface area (Å²) in [5.74, 6) is 1.79. The number of hydrogen-bond donors (Lipinski definition) is 1. The maximum Gasteiger partial charge on any atom is 0.236 e. The molecule has 0 aromatic rings. The first-order valence-electron chi connectivity index (χ1n) is 5.94. The van der Waals surface area contributed by atoms with Gasteiger partial charge in [-0.2, -0.15) is 0 Å². The molecule has 1 aliphatic rings. The van der Waals surface area contributed by atoms with E-state index in [-0.39, 0.29) is 5.91 Å². The molecule has 3 unspecified atom stereocenters. The molecule has 0 heterocycles. The van der Waals surface area contributed by atoms with Gasteiger partial charge in [-0.1, -0.05) is 13.8 Å². The molecule has 0 aromatic carbocycles. The number of carbonyl (C=O) groups is 1. The smallest absolute Gasteiger partial charge is 0.236 e. The molecule has 3 atom stereocenters. The van der Waals surface area contributed by atoms with Crippen LogP contribution >= 0.6 is 0 Å². The van der Waals surface area contributed by atoms with E-state index in [0.717, 1.165) is 11.8 Å². The van der Waals surface area contributed by atoms with Crippen molar-refractivity contribution in [1.82, 2.24) is 10.2 Å². The topological polar surface area (TPSA) is 32.3 Å². The van der Waals surface area contributed by atoms with Crippen LogP contribution in [0, 0.1) is 11.8 Å². The maximum absolute atomic E-state index is 11.4. The van der Waals surface area contributed by atoms with Crippen molar-refractivity contribution in [3.8, 4) is 0 Å². The average molecular weight is 212 g/mol. The van der Waals surface area contributed by atoms with E-state index in [4.69, 9.17) is 0 Å². The fourth-order valence-electron chi connectivity index (χ4n) is 2.12. The maximum atomic E-state index is 11.4. The van der Waals surface area contributed by atoms with Crippen molar-refractivity contribution in [3.05, 3.63) is 0 Å². The van der Waals surface area contributed by atoms with Crippen molar-refractivity contribution in [3.63, 3.8) is 0 Å². The van der Waals surface area contributed by atoms with Crippen LogP contribution in [0.25, 0.3) is 0 Å². The van der Waals surface area contributed by atoms with Crippen LogP contribution in [-0.4, -0.2) is 37.5 Å². The molecule has 0 saturated heterocycles. The first-order chi connectivity index (χ1) is 7.00. The minimum atomic E-state index is 0.168. The molecule has 0 bridgehead atoms. The molecule has 15 heavy (non-hydrogen) atoms. The molecule has 0 aliphatic heterocycles. The van der Waals surface area contributed by atoms with E-state index in [1.54, 1.807) is 19.0 Å². The number of amides is 1. The van der Waals surface area contributed by atoms with Crippen LogP contribution in [0.2, 0.25) is 0 Å². The second-order valence-corrected chi connectivity index (χ2v) is 5.13. The van der Waals surface area contributed by atoms with Crippen LogP contribution in [0.5, 0.6) is 0 Å². The molecule has 1 aliphatic carbocycles. The zero-order valence-electron chi connectivity index (χ0n) is 10.4. The predicted molar refractivity (Wildman–Crippen MR) is 62.7 cm³/mol. The molecule has 1 saturated carbocycles. The van der Waals surface area contributed by atoms with Crippen LogP contribution in [-0.2, 0) is 4.79 Å². The third-order valence-corrected chi connectivity index (χ3v) is 3.64. The summed E-state index contributed by atoms with van der Waals surface area (Å²) in [5, 5.41) is 3.36. The van der Waals surface area contributed by atoms with Crippen LogP contribution in [0.15, 0.2) is 0 Å². The normalized spacial score (nSPS) is 31.3. The number of hydrogen-bond acceptors (Lipinski definition) is 2. The molecule has 1 amide bonds. The Labute approximate surface area is 93.2 Å². The molecule has 1 rings (SSSR count). The lowest BCUT2D eigenvalue weighted by Crippen LogP contribution is -2.41. The number of nitrogens with one attached hydrogen (secondary N) is 1. The minimum absolute atomic E-state index is 0.168.